The molecule has 1 heterocycles. The van der Waals surface area contributed by atoms with Crippen molar-refractivity contribution >= 4 is 44.5 Å². The summed E-state index contributed by atoms with van der Waals surface area (Å²) in [5, 5.41) is 0.694. The van der Waals surface area contributed by atoms with Crippen LogP contribution >= 0.6 is 27.5 Å². The Morgan fingerprint density at radius 2 is 2.00 bits per heavy atom. The number of imidazole rings is 1. The third-order valence-electron chi connectivity index (χ3n) is 4.55. The molecule has 0 unspecified atom stereocenters. The molecule has 6 heteroatoms. The van der Waals surface area contributed by atoms with E-state index in [1.807, 2.05) is 47.4 Å². The second-order valence-electron chi connectivity index (χ2n) is 7.37. The van der Waals surface area contributed by atoms with E-state index in [1.54, 1.807) is 0 Å². The van der Waals surface area contributed by atoms with Gasteiger partial charge in [-0.2, -0.15) is 0 Å². The van der Waals surface area contributed by atoms with Crippen LogP contribution in [0.2, 0.25) is 5.02 Å². The molecular formula is C22H25BrClN3O. The number of hydrogen-bond acceptors (Lipinski definition) is 2. The Morgan fingerprint density at radius 3 is 2.68 bits per heavy atom. The van der Waals surface area contributed by atoms with Gasteiger partial charge in [0.2, 0.25) is 0 Å². The Labute approximate surface area is 179 Å². The third kappa shape index (κ3) is 4.58. The van der Waals surface area contributed by atoms with Gasteiger partial charge in [0.1, 0.15) is 5.82 Å². The zero-order valence-corrected chi connectivity index (χ0v) is 18.8. The maximum absolute atomic E-state index is 13.3. The number of carbonyl (C=O) groups is 1. The van der Waals surface area contributed by atoms with Crippen LogP contribution in [0.4, 0.5) is 0 Å². The van der Waals surface area contributed by atoms with Crippen molar-refractivity contribution in [2.45, 2.75) is 40.3 Å². The largest absolute Gasteiger partial charge is 0.331 e. The molecule has 3 aromatic rings. The van der Waals surface area contributed by atoms with Crippen molar-refractivity contribution in [1.82, 2.24) is 14.5 Å². The second-order valence-corrected chi connectivity index (χ2v) is 8.66. The van der Waals surface area contributed by atoms with Gasteiger partial charge in [0.05, 0.1) is 23.1 Å². The molecule has 0 spiro atoms. The second kappa shape index (κ2) is 9.10. The Hall–Kier alpha value is -1.85. The zero-order chi connectivity index (χ0) is 20.3. The fourth-order valence-corrected chi connectivity index (χ4v) is 4.00. The van der Waals surface area contributed by atoms with Gasteiger partial charge >= 0.3 is 0 Å². The van der Waals surface area contributed by atoms with Crippen molar-refractivity contribution in [2.24, 2.45) is 5.92 Å². The summed E-state index contributed by atoms with van der Waals surface area (Å²) in [5.41, 5.74) is 2.59. The first kappa shape index (κ1) is 20.9. The van der Waals surface area contributed by atoms with E-state index in [4.69, 9.17) is 16.6 Å². The minimum Gasteiger partial charge on any atom is -0.331 e. The van der Waals surface area contributed by atoms with Crippen molar-refractivity contribution in [1.29, 1.82) is 0 Å². The molecule has 1 aromatic heterocycles. The van der Waals surface area contributed by atoms with Crippen molar-refractivity contribution in [2.75, 3.05) is 6.54 Å². The van der Waals surface area contributed by atoms with Crippen LogP contribution in [0.25, 0.3) is 11.0 Å². The third-order valence-corrected chi connectivity index (χ3v) is 5.47. The van der Waals surface area contributed by atoms with Gasteiger partial charge < -0.3 is 9.47 Å². The molecule has 0 atom stereocenters. The standard InChI is InChI=1S/C22H25BrClN3O/c1-4-11-27-20-12-16(24)9-10-19(20)25-21(27)14-26(13-15(2)3)22(28)17-7-5-6-8-18(17)23/h5-10,12,15H,4,11,13-14H2,1-3H3. The highest BCUT2D eigenvalue weighted by Gasteiger charge is 2.22. The zero-order valence-electron chi connectivity index (χ0n) is 16.5. The number of carbonyl (C=O) groups excluding carboxylic acids is 1. The van der Waals surface area contributed by atoms with Gasteiger partial charge in [0.15, 0.2) is 0 Å². The molecular weight excluding hydrogens is 438 g/mol. The Balaban J connectivity index is 2.00. The van der Waals surface area contributed by atoms with E-state index in [-0.39, 0.29) is 5.91 Å². The van der Waals surface area contributed by atoms with E-state index in [0.717, 1.165) is 34.3 Å². The molecule has 0 saturated heterocycles. The van der Waals surface area contributed by atoms with Crippen molar-refractivity contribution in [3.8, 4) is 0 Å². The highest BCUT2D eigenvalue weighted by atomic mass is 79.9. The summed E-state index contributed by atoms with van der Waals surface area (Å²) in [6.07, 6.45) is 0.979. The molecule has 28 heavy (non-hydrogen) atoms. The fraction of sp³-hybridized carbons (Fsp3) is 0.364. The van der Waals surface area contributed by atoms with E-state index in [0.29, 0.717) is 29.6 Å². The first-order valence-corrected chi connectivity index (χ1v) is 10.8. The molecule has 0 fully saturated rings. The normalized spacial score (nSPS) is 11.4. The average molecular weight is 463 g/mol. The number of rotatable bonds is 7. The minimum atomic E-state index is 0.00862. The minimum absolute atomic E-state index is 0.00862. The maximum Gasteiger partial charge on any atom is 0.255 e. The molecule has 0 aliphatic carbocycles. The molecule has 4 nitrogen and oxygen atoms in total. The van der Waals surface area contributed by atoms with E-state index >= 15 is 0 Å². The molecule has 148 valence electrons. The van der Waals surface area contributed by atoms with Crippen LogP contribution < -0.4 is 0 Å². The molecule has 0 aliphatic heterocycles. The average Bonchev–Trinajstić information content (AvgIpc) is 2.98. The molecule has 0 saturated carbocycles. The summed E-state index contributed by atoms with van der Waals surface area (Å²) in [7, 11) is 0. The topological polar surface area (TPSA) is 38.1 Å². The lowest BCUT2D eigenvalue weighted by Crippen LogP contribution is -2.35. The number of halogens is 2. The summed E-state index contributed by atoms with van der Waals surface area (Å²) < 4.78 is 2.99. The quantitative estimate of drug-likeness (QED) is 0.422. The lowest BCUT2D eigenvalue weighted by Gasteiger charge is -2.25. The fourth-order valence-electron chi connectivity index (χ4n) is 3.38. The van der Waals surface area contributed by atoms with Gasteiger partial charge in [-0.25, -0.2) is 4.98 Å². The molecule has 0 aliphatic rings. The summed E-state index contributed by atoms with van der Waals surface area (Å²) in [4.78, 5) is 20.0. The van der Waals surface area contributed by atoms with E-state index < -0.39 is 0 Å². The lowest BCUT2D eigenvalue weighted by atomic mass is 10.1. The Kier molecular flexibility index (Phi) is 6.78. The highest BCUT2D eigenvalue weighted by molar-refractivity contribution is 9.10. The number of amides is 1. The smallest absolute Gasteiger partial charge is 0.255 e. The number of benzene rings is 2. The Bertz CT molecular complexity index is 983. The van der Waals surface area contributed by atoms with Gasteiger partial charge in [-0.15, -0.1) is 0 Å². The molecule has 0 N–H and O–H groups in total. The van der Waals surface area contributed by atoms with Crippen LogP contribution in [0.1, 0.15) is 43.4 Å². The first-order valence-electron chi connectivity index (χ1n) is 9.59. The number of hydrogen-bond donors (Lipinski definition) is 0. The molecule has 2 aromatic carbocycles. The SMILES string of the molecule is CCCn1c(CN(CC(C)C)C(=O)c2ccccc2Br)nc2ccc(Cl)cc21. The number of aromatic nitrogens is 2. The van der Waals surface area contributed by atoms with Crippen LogP contribution in [0, 0.1) is 5.92 Å². The number of fused-ring (bicyclic) bond motifs is 1. The van der Waals surface area contributed by atoms with E-state index in [2.05, 4.69) is 41.3 Å². The van der Waals surface area contributed by atoms with Crippen molar-refractivity contribution < 1.29 is 4.79 Å². The van der Waals surface area contributed by atoms with Gasteiger partial charge in [0.25, 0.3) is 5.91 Å². The van der Waals surface area contributed by atoms with Gasteiger partial charge in [0, 0.05) is 22.6 Å². The predicted octanol–water partition coefficient (Wildman–Crippen LogP) is 6.16. The van der Waals surface area contributed by atoms with E-state index in [9.17, 15) is 4.79 Å². The predicted molar refractivity (Wildman–Crippen MR) is 119 cm³/mol. The van der Waals surface area contributed by atoms with Crippen LogP contribution in [0.3, 0.4) is 0 Å². The molecule has 0 radical (unpaired) electrons. The summed E-state index contributed by atoms with van der Waals surface area (Å²) >= 11 is 9.72. The summed E-state index contributed by atoms with van der Waals surface area (Å²) in [6.45, 7) is 8.34. The van der Waals surface area contributed by atoms with Crippen LogP contribution in [0.15, 0.2) is 46.9 Å². The Morgan fingerprint density at radius 1 is 1.25 bits per heavy atom. The van der Waals surface area contributed by atoms with E-state index in [1.165, 1.54) is 0 Å². The summed E-state index contributed by atoms with van der Waals surface area (Å²) in [5.74, 6) is 1.25. The van der Waals surface area contributed by atoms with Gasteiger partial charge in [-0.3, -0.25) is 4.79 Å². The highest BCUT2D eigenvalue weighted by Crippen LogP contribution is 2.24. The van der Waals surface area contributed by atoms with Crippen molar-refractivity contribution in [3.05, 3.63) is 63.3 Å². The summed E-state index contributed by atoms with van der Waals surface area (Å²) in [6, 6.07) is 13.3. The van der Waals surface area contributed by atoms with Gasteiger partial charge in [-0.05, 0) is 58.6 Å². The molecule has 3 rings (SSSR count). The first-order chi connectivity index (χ1) is 13.4. The number of aryl methyl sites for hydroxylation is 1. The maximum atomic E-state index is 13.3. The number of nitrogens with zero attached hydrogens (tertiary/aromatic N) is 3. The lowest BCUT2D eigenvalue weighted by molar-refractivity contribution is 0.0715. The van der Waals surface area contributed by atoms with Crippen LogP contribution in [-0.4, -0.2) is 26.9 Å². The van der Waals surface area contributed by atoms with Crippen LogP contribution in [-0.2, 0) is 13.1 Å². The monoisotopic (exact) mass is 461 g/mol. The molecule has 1 amide bonds. The van der Waals surface area contributed by atoms with Gasteiger partial charge in [-0.1, -0.05) is 44.5 Å². The van der Waals surface area contributed by atoms with Crippen molar-refractivity contribution in [3.63, 3.8) is 0 Å². The van der Waals surface area contributed by atoms with Crippen LogP contribution in [0.5, 0.6) is 0 Å². The molecule has 0 bridgehead atoms.